The number of aromatic amines is 1. The SMILES string of the molecule is C/C=C\C(=C/c1ncc(-c2cc(OC)c(C(=O)NC3CC3)c(OCC(F)F)c2)[nH]1)C(C)CCCNC(C)=O. The molecule has 1 heterocycles. The second kappa shape index (κ2) is 13.7. The van der Waals surface area contributed by atoms with Crippen LogP contribution in [-0.4, -0.2) is 54.5 Å². The third-order valence-corrected chi connectivity index (χ3v) is 6.12. The molecule has 206 valence electrons. The van der Waals surface area contributed by atoms with Crippen LogP contribution in [-0.2, 0) is 4.79 Å². The molecule has 38 heavy (non-hydrogen) atoms. The second-order valence-corrected chi connectivity index (χ2v) is 9.35. The van der Waals surface area contributed by atoms with E-state index in [1.165, 1.54) is 14.0 Å². The van der Waals surface area contributed by atoms with Gasteiger partial charge in [0.15, 0.2) is 0 Å². The molecule has 1 fully saturated rings. The Labute approximate surface area is 221 Å². The monoisotopic (exact) mass is 530 g/mol. The van der Waals surface area contributed by atoms with E-state index in [4.69, 9.17) is 9.47 Å². The van der Waals surface area contributed by atoms with Crippen molar-refractivity contribution in [2.45, 2.75) is 58.9 Å². The number of aromatic nitrogens is 2. The molecule has 0 saturated heterocycles. The Morgan fingerprint density at radius 1 is 1.26 bits per heavy atom. The van der Waals surface area contributed by atoms with Gasteiger partial charge in [0.05, 0.1) is 19.0 Å². The summed E-state index contributed by atoms with van der Waals surface area (Å²) in [6, 6.07) is 3.29. The standard InChI is InChI=1S/C28H36F2N4O4/c1-5-7-19(17(2)8-6-11-31-18(3)35)14-26-32-15-22(34-26)20-12-23(37-4)27(28(36)33-21-9-10-21)24(13-20)38-16-25(29)30/h5,7,12-15,17,21,25H,6,8-11,16H2,1-4H3,(H,31,35)(H,32,34)(H,33,36)/b7-5-,19-14+. The Kier molecular flexibility index (Phi) is 10.4. The molecule has 3 rings (SSSR count). The molecule has 1 aliphatic carbocycles. The summed E-state index contributed by atoms with van der Waals surface area (Å²) in [5.41, 5.74) is 2.36. The number of alkyl halides is 2. The molecule has 0 bridgehead atoms. The van der Waals surface area contributed by atoms with Gasteiger partial charge in [0, 0.05) is 25.1 Å². The summed E-state index contributed by atoms with van der Waals surface area (Å²) in [6.07, 6.45) is 8.38. The Balaban J connectivity index is 1.87. The van der Waals surface area contributed by atoms with Crippen LogP contribution < -0.4 is 20.1 Å². The molecular weight excluding hydrogens is 494 g/mol. The summed E-state index contributed by atoms with van der Waals surface area (Å²) in [7, 11) is 1.42. The predicted octanol–water partition coefficient (Wildman–Crippen LogP) is 5.13. The van der Waals surface area contributed by atoms with Crippen LogP contribution in [0.5, 0.6) is 11.5 Å². The highest BCUT2D eigenvalue weighted by Gasteiger charge is 2.28. The van der Waals surface area contributed by atoms with Gasteiger partial charge in [-0.1, -0.05) is 19.1 Å². The third-order valence-electron chi connectivity index (χ3n) is 6.12. The van der Waals surface area contributed by atoms with E-state index in [2.05, 4.69) is 27.5 Å². The molecule has 0 radical (unpaired) electrons. The number of halogens is 2. The molecule has 1 atom stereocenters. The van der Waals surface area contributed by atoms with Gasteiger partial charge in [-0.3, -0.25) is 9.59 Å². The molecule has 8 nitrogen and oxygen atoms in total. The second-order valence-electron chi connectivity index (χ2n) is 9.35. The Hall–Kier alpha value is -3.69. The van der Waals surface area contributed by atoms with Crippen molar-refractivity contribution in [3.63, 3.8) is 0 Å². The quantitative estimate of drug-likeness (QED) is 0.232. The van der Waals surface area contributed by atoms with E-state index in [9.17, 15) is 18.4 Å². The number of carbonyl (C=O) groups excluding carboxylic acids is 2. The minimum Gasteiger partial charge on any atom is -0.496 e. The third kappa shape index (κ3) is 8.43. The maximum absolute atomic E-state index is 13.0. The van der Waals surface area contributed by atoms with E-state index in [0.29, 0.717) is 23.6 Å². The van der Waals surface area contributed by atoms with Gasteiger partial charge in [0.2, 0.25) is 5.91 Å². The first-order valence-electron chi connectivity index (χ1n) is 12.8. The number of allylic oxidation sites excluding steroid dienone is 3. The van der Waals surface area contributed by atoms with Gasteiger partial charge >= 0.3 is 0 Å². The van der Waals surface area contributed by atoms with E-state index >= 15 is 0 Å². The van der Waals surface area contributed by atoms with E-state index in [-0.39, 0.29) is 34.9 Å². The highest BCUT2D eigenvalue weighted by Crippen LogP contribution is 2.36. The summed E-state index contributed by atoms with van der Waals surface area (Å²) in [5.74, 6) is 0.627. The van der Waals surface area contributed by atoms with E-state index < -0.39 is 18.9 Å². The molecule has 1 aromatic carbocycles. The number of hydrogen-bond acceptors (Lipinski definition) is 5. The Morgan fingerprint density at radius 2 is 2.00 bits per heavy atom. The lowest BCUT2D eigenvalue weighted by molar-refractivity contribution is -0.118. The highest BCUT2D eigenvalue weighted by atomic mass is 19.3. The van der Waals surface area contributed by atoms with Gasteiger partial charge in [-0.05, 0) is 62.3 Å². The predicted molar refractivity (Wildman–Crippen MR) is 142 cm³/mol. The average Bonchev–Trinajstić information content (AvgIpc) is 3.57. The van der Waals surface area contributed by atoms with E-state index in [0.717, 1.165) is 31.3 Å². The molecule has 3 N–H and O–H groups in total. The number of hydrogen-bond donors (Lipinski definition) is 3. The molecule has 1 saturated carbocycles. The Bertz CT molecular complexity index is 1170. The first-order chi connectivity index (χ1) is 18.2. The fourth-order valence-corrected chi connectivity index (χ4v) is 3.98. The van der Waals surface area contributed by atoms with Crippen molar-refractivity contribution < 1.29 is 27.8 Å². The van der Waals surface area contributed by atoms with Crippen LogP contribution in [0.4, 0.5) is 8.78 Å². The fraction of sp³-hybridized carbons (Fsp3) is 0.464. The first kappa shape index (κ1) is 28.9. The number of methoxy groups -OCH3 is 1. The summed E-state index contributed by atoms with van der Waals surface area (Å²) in [4.78, 5) is 31.7. The molecule has 10 heteroatoms. The van der Waals surface area contributed by atoms with Crippen LogP contribution in [0, 0.1) is 5.92 Å². The van der Waals surface area contributed by atoms with Gasteiger partial charge in [-0.15, -0.1) is 0 Å². The van der Waals surface area contributed by atoms with Crippen LogP contribution in [0.2, 0.25) is 0 Å². The lowest BCUT2D eigenvalue weighted by Gasteiger charge is -2.16. The smallest absolute Gasteiger partial charge is 0.272 e. The summed E-state index contributed by atoms with van der Waals surface area (Å²) in [5, 5.41) is 5.68. The summed E-state index contributed by atoms with van der Waals surface area (Å²) in [6.45, 7) is 5.34. The van der Waals surface area contributed by atoms with Gasteiger partial charge in [0.25, 0.3) is 12.3 Å². The summed E-state index contributed by atoms with van der Waals surface area (Å²) >= 11 is 0. The number of benzene rings is 1. The number of H-pyrrole nitrogens is 1. The maximum atomic E-state index is 13.0. The normalized spacial score (nSPS) is 14.6. The Morgan fingerprint density at radius 3 is 2.63 bits per heavy atom. The number of carbonyl (C=O) groups is 2. The lowest BCUT2D eigenvalue weighted by Crippen LogP contribution is -2.26. The van der Waals surface area contributed by atoms with Crippen LogP contribution in [0.25, 0.3) is 17.3 Å². The van der Waals surface area contributed by atoms with Crippen LogP contribution in [0.1, 0.15) is 62.6 Å². The van der Waals surface area contributed by atoms with Gasteiger partial charge in [-0.25, -0.2) is 13.8 Å². The van der Waals surface area contributed by atoms with Crippen molar-refractivity contribution >= 4 is 17.9 Å². The van der Waals surface area contributed by atoms with Crippen LogP contribution in [0.15, 0.2) is 36.1 Å². The number of nitrogens with one attached hydrogen (secondary N) is 3. The average molecular weight is 531 g/mol. The number of nitrogens with zero attached hydrogens (tertiary/aromatic N) is 1. The highest BCUT2D eigenvalue weighted by molar-refractivity contribution is 6.01. The van der Waals surface area contributed by atoms with Crippen molar-refractivity contribution in [3.05, 3.63) is 47.4 Å². The number of amides is 2. The minimum atomic E-state index is -2.70. The molecule has 1 aliphatic rings. The van der Waals surface area contributed by atoms with Crippen molar-refractivity contribution in [3.8, 4) is 22.8 Å². The number of rotatable bonds is 14. The van der Waals surface area contributed by atoms with Crippen molar-refractivity contribution in [1.82, 2.24) is 20.6 Å². The fourth-order valence-electron chi connectivity index (χ4n) is 3.98. The van der Waals surface area contributed by atoms with E-state index in [1.54, 1.807) is 18.3 Å². The van der Waals surface area contributed by atoms with Gasteiger partial charge < -0.3 is 25.1 Å². The number of imidazole rings is 1. The molecule has 0 aliphatic heterocycles. The van der Waals surface area contributed by atoms with Crippen molar-refractivity contribution in [2.75, 3.05) is 20.3 Å². The zero-order valence-corrected chi connectivity index (χ0v) is 22.3. The van der Waals surface area contributed by atoms with Gasteiger partial charge in [-0.2, -0.15) is 0 Å². The van der Waals surface area contributed by atoms with E-state index in [1.807, 2.05) is 25.2 Å². The van der Waals surface area contributed by atoms with Crippen LogP contribution in [0.3, 0.4) is 0 Å². The molecule has 2 amide bonds. The number of ether oxygens (including phenoxy) is 2. The van der Waals surface area contributed by atoms with Crippen LogP contribution >= 0.6 is 0 Å². The minimum absolute atomic E-state index is 0.0203. The molecular formula is C28H36F2N4O4. The lowest BCUT2D eigenvalue weighted by atomic mass is 9.95. The van der Waals surface area contributed by atoms with Gasteiger partial charge in [0.1, 0.15) is 29.5 Å². The molecule has 0 spiro atoms. The first-order valence-corrected chi connectivity index (χ1v) is 12.8. The molecule has 1 aromatic heterocycles. The van der Waals surface area contributed by atoms with Crippen molar-refractivity contribution in [1.29, 1.82) is 0 Å². The molecule has 1 unspecified atom stereocenters. The topological polar surface area (TPSA) is 105 Å². The van der Waals surface area contributed by atoms with Crippen molar-refractivity contribution in [2.24, 2.45) is 5.92 Å². The maximum Gasteiger partial charge on any atom is 0.272 e. The summed E-state index contributed by atoms with van der Waals surface area (Å²) < 4.78 is 36.7. The largest absolute Gasteiger partial charge is 0.496 e. The zero-order valence-electron chi connectivity index (χ0n) is 22.3. The molecule has 2 aromatic rings. The zero-order chi connectivity index (χ0) is 27.7.